The molecular formula is C32H54O3. The lowest BCUT2D eigenvalue weighted by Gasteiger charge is -2.67. The summed E-state index contributed by atoms with van der Waals surface area (Å²) in [5.41, 5.74) is 1.94. The van der Waals surface area contributed by atoms with E-state index in [0.29, 0.717) is 23.2 Å². The van der Waals surface area contributed by atoms with Crippen LogP contribution in [0.15, 0.2) is 23.8 Å². The number of allylic oxidation sites excluding steroid dienone is 1. The van der Waals surface area contributed by atoms with Crippen molar-refractivity contribution in [1.29, 1.82) is 0 Å². The third kappa shape index (κ3) is 4.02. The smallest absolute Gasteiger partial charge is 0.0802 e. The minimum absolute atomic E-state index is 0.136. The molecule has 0 aromatic heterocycles. The molecule has 0 aliphatic heterocycles. The van der Waals surface area contributed by atoms with Gasteiger partial charge in [0.1, 0.15) is 0 Å². The standard InChI is InChI=1S/C32H54O3/c1-21(12-11-16-28(2,3)35-10)22-15-17-32(8)27-25(34-9)20-24-23(13-14-26(33)29(24,4)5)30(27,6)18-19-31(22,32)7/h11,16,20-23,25-27,33H,12-15,17-19H2,1-10H3/b16-11+/t21-,22-,23-,25+,26+,27-,30+,31-,32+/m0/s1. The van der Waals surface area contributed by atoms with E-state index in [0.717, 1.165) is 25.2 Å². The van der Waals surface area contributed by atoms with Crippen molar-refractivity contribution >= 4 is 0 Å². The maximum absolute atomic E-state index is 10.9. The van der Waals surface area contributed by atoms with Crippen molar-refractivity contribution in [2.75, 3.05) is 14.2 Å². The van der Waals surface area contributed by atoms with E-state index < -0.39 is 0 Å². The van der Waals surface area contributed by atoms with E-state index in [-0.39, 0.29) is 34.1 Å². The van der Waals surface area contributed by atoms with Gasteiger partial charge in [-0.3, -0.25) is 0 Å². The highest BCUT2D eigenvalue weighted by atomic mass is 16.5. The Labute approximate surface area is 216 Å². The molecule has 0 bridgehead atoms. The van der Waals surface area contributed by atoms with Crippen LogP contribution in [0, 0.1) is 45.3 Å². The van der Waals surface area contributed by atoms with Crippen molar-refractivity contribution < 1.29 is 14.6 Å². The van der Waals surface area contributed by atoms with E-state index in [2.05, 4.69) is 73.6 Å². The minimum Gasteiger partial charge on any atom is -0.392 e. The summed E-state index contributed by atoms with van der Waals surface area (Å²) < 4.78 is 12.0. The summed E-state index contributed by atoms with van der Waals surface area (Å²) >= 11 is 0. The topological polar surface area (TPSA) is 38.7 Å². The molecule has 0 spiro atoms. The van der Waals surface area contributed by atoms with Crippen molar-refractivity contribution in [3.63, 3.8) is 0 Å². The Morgan fingerprint density at radius 1 is 1.03 bits per heavy atom. The number of rotatable bonds is 6. The van der Waals surface area contributed by atoms with Gasteiger partial charge in [0.05, 0.1) is 17.8 Å². The van der Waals surface area contributed by atoms with Crippen molar-refractivity contribution in [1.82, 2.24) is 0 Å². The predicted octanol–water partition coefficient (Wildman–Crippen LogP) is 7.58. The lowest BCUT2D eigenvalue weighted by Crippen LogP contribution is -2.63. The van der Waals surface area contributed by atoms with Crippen molar-refractivity contribution in [2.45, 2.75) is 118 Å². The first-order valence-corrected chi connectivity index (χ1v) is 14.3. The summed E-state index contributed by atoms with van der Waals surface area (Å²) in [5, 5.41) is 10.9. The molecule has 0 saturated heterocycles. The normalized spacial score (nSPS) is 46.0. The molecular weight excluding hydrogens is 432 g/mol. The Bertz CT molecular complexity index is 855. The van der Waals surface area contributed by atoms with Crippen LogP contribution >= 0.6 is 0 Å². The fourth-order valence-corrected chi connectivity index (χ4v) is 9.69. The van der Waals surface area contributed by atoms with Crippen LogP contribution in [-0.4, -0.2) is 37.1 Å². The summed E-state index contributed by atoms with van der Waals surface area (Å²) in [5.74, 6) is 2.49. The van der Waals surface area contributed by atoms with Gasteiger partial charge in [-0.2, -0.15) is 0 Å². The minimum atomic E-state index is -0.250. The van der Waals surface area contributed by atoms with E-state index >= 15 is 0 Å². The zero-order valence-corrected chi connectivity index (χ0v) is 24.4. The van der Waals surface area contributed by atoms with Crippen LogP contribution in [0.5, 0.6) is 0 Å². The van der Waals surface area contributed by atoms with Gasteiger partial charge in [-0.15, -0.1) is 0 Å². The number of ether oxygens (including phenoxy) is 2. The van der Waals surface area contributed by atoms with Gasteiger partial charge in [0.15, 0.2) is 0 Å². The average Bonchev–Trinajstić information content (AvgIpc) is 3.07. The van der Waals surface area contributed by atoms with Crippen LogP contribution in [0.1, 0.15) is 100 Å². The van der Waals surface area contributed by atoms with Gasteiger partial charge in [0.2, 0.25) is 0 Å². The third-order valence-electron chi connectivity index (χ3n) is 12.3. The first kappa shape index (κ1) is 27.4. The van der Waals surface area contributed by atoms with E-state index in [4.69, 9.17) is 9.47 Å². The second-order valence-corrected chi connectivity index (χ2v) is 14.6. The maximum atomic E-state index is 10.9. The molecule has 0 radical (unpaired) electrons. The highest BCUT2D eigenvalue weighted by Gasteiger charge is 2.69. The summed E-state index contributed by atoms with van der Waals surface area (Å²) in [4.78, 5) is 0. The van der Waals surface area contributed by atoms with Crippen LogP contribution in [0.25, 0.3) is 0 Å². The molecule has 1 N–H and O–H groups in total. The number of hydrogen-bond acceptors (Lipinski definition) is 3. The van der Waals surface area contributed by atoms with Gasteiger partial charge in [-0.1, -0.05) is 65.3 Å². The third-order valence-corrected chi connectivity index (χ3v) is 12.3. The first-order chi connectivity index (χ1) is 16.2. The van der Waals surface area contributed by atoms with Gasteiger partial charge < -0.3 is 14.6 Å². The van der Waals surface area contributed by atoms with Crippen LogP contribution in [0.3, 0.4) is 0 Å². The van der Waals surface area contributed by atoms with Crippen LogP contribution in [-0.2, 0) is 9.47 Å². The summed E-state index contributed by atoms with van der Waals surface area (Å²) in [6.45, 7) is 19.1. The average molecular weight is 487 g/mol. The number of aliphatic hydroxyl groups excluding tert-OH is 1. The number of hydrogen-bond donors (Lipinski definition) is 1. The highest BCUT2D eigenvalue weighted by Crippen LogP contribution is 2.75. The quantitative estimate of drug-likeness (QED) is 0.393. The molecule has 4 aliphatic rings. The van der Waals surface area contributed by atoms with E-state index in [9.17, 15) is 5.11 Å². The molecule has 3 saturated carbocycles. The Morgan fingerprint density at radius 3 is 2.34 bits per heavy atom. The van der Waals surface area contributed by atoms with Crippen LogP contribution < -0.4 is 0 Å². The zero-order valence-electron chi connectivity index (χ0n) is 24.4. The van der Waals surface area contributed by atoms with Gasteiger partial charge in [-0.05, 0) is 92.8 Å². The summed E-state index contributed by atoms with van der Waals surface area (Å²) in [7, 11) is 3.71. The molecule has 200 valence electrons. The lowest BCUT2D eigenvalue weighted by molar-refractivity contribution is -0.182. The second-order valence-electron chi connectivity index (χ2n) is 14.6. The molecule has 3 nitrogen and oxygen atoms in total. The van der Waals surface area contributed by atoms with E-state index in [1.807, 2.05) is 7.11 Å². The maximum Gasteiger partial charge on any atom is 0.0802 e. The van der Waals surface area contributed by atoms with Gasteiger partial charge in [-0.25, -0.2) is 0 Å². The largest absolute Gasteiger partial charge is 0.392 e. The summed E-state index contributed by atoms with van der Waals surface area (Å²) in [6, 6.07) is 0. The lowest BCUT2D eigenvalue weighted by atomic mass is 9.38. The first-order valence-electron chi connectivity index (χ1n) is 14.3. The molecule has 9 atom stereocenters. The molecule has 3 fully saturated rings. The molecule has 4 aliphatic carbocycles. The monoisotopic (exact) mass is 486 g/mol. The Hall–Kier alpha value is -0.640. The van der Waals surface area contributed by atoms with Crippen LogP contribution in [0.2, 0.25) is 0 Å². The fourth-order valence-electron chi connectivity index (χ4n) is 9.69. The predicted molar refractivity (Wildman–Crippen MR) is 145 cm³/mol. The molecule has 0 heterocycles. The van der Waals surface area contributed by atoms with Crippen molar-refractivity contribution in [3.8, 4) is 0 Å². The Kier molecular flexibility index (Phi) is 7.03. The van der Waals surface area contributed by atoms with Gasteiger partial charge in [0, 0.05) is 25.6 Å². The molecule has 0 aromatic carbocycles. The summed E-state index contributed by atoms with van der Waals surface area (Å²) in [6.07, 6.45) is 15.3. The number of aliphatic hydroxyl groups is 1. The van der Waals surface area contributed by atoms with Crippen molar-refractivity contribution in [2.24, 2.45) is 45.3 Å². The second kappa shape index (κ2) is 8.98. The van der Waals surface area contributed by atoms with Crippen molar-refractivity contribution in [3.05, 3.63) is 23.8 Å². The molecule has 3 heteroatoms. The molecule has 35 heavy (non-hydrogen) atoms. The van der Waals surface area contributed by atoms with Gasteiger partial charge in [0.25, 0.3) is 0 Å². The van der Waals surface area contributed by atoms with E-state index in [1.165, 1.54) is 31.3 Å². The molecule has 4 rings (SSSR count). The molecule has 0 aromatic rings. The number of methoxy groups -OCH3 is 2. The Balaban J connectivity index is 1.67. The fraction of sp³-hybridized carbons (Fsp3) is 0.875. The highest BCUT2D eigenvalue weighted by molar-refractivity contribution is 5.32. The number of fused-ring (bicyclic) bond motifs is 5. The van der Waals surface area contributed by atoms with Crippen LogP contribution in [0.4, 0.5) is 0 Å². The molecule has 0 amide bonds. The zero-order chi connectivity index (χ0) is 26.0. The van der Waals surface area contributed by atoms with E-state index in [1.54, 1.807) is 7.11 Å². The molecule has 0 unspecified atom stereocenters. The van der Waals surface area contributed by atoms with Gasteiger partial charge >= 0.3 is 0 Å². The Morgan fingerprint density at radius 2 is 1.71 bits per heavy atom. The SMILES string of the molecule is CO[C@@H]1C=C2[C@H](CC[C@@H](O)C2(C)C)[C@@]2(C)CC[C@@]3(C)[C@H]([C@@H](C)C/C=C/C(C)(C)OC)CC[C@]3(C)[C@@H]12.